The number of rotatable bonds is 4. The first kappa shape index (κ1) is 11.7. The molecule has 0 aliphatic rings. The molecule has 82 valence electrons. The normalized spacial score (nSPS) is 10.6. The van der Waals surface area contributed by atoms with E-state index >= 15 is 0 Å². The topological polar surface area (TPSA) is 38.7 Å². The van der Waals surface area contributed by atoms with Gasteiger partial charge in [0.25, 0.3) is 0 Å². The Bertz CT molecular complexity index is 336. The second-order valence-electron chi connectivity index (χ2n) is 2.83. The fourth-order valence-corrected chi connectivity index (χ4v) is 1.28. The molecule has 0 saturated heterocycles. The highest BCUT2D eigenvalue weighted by molar-refractivity contribution is 6.19. The Labute approximate surface area is 93.9 Å². The van der Waals surface area contributed by atoms with Gasteiger partial charge in [-0.05, 0) is 17.7 Å². The largest absolute Gasteiger partial charge is 0.502 e. The van der Waals surface area contributed by atoms with Gasteiger partial charge in [0, 0.05) is 5.88 Å². The summed E-state index contributed by atoms with van der Waals surface area (Å²) in [4.78, 5) is 0. The van der Waals surface area contributed by atoms with E-state index in [1.807, 2.05) is 6.08 Å². The molecule has 1 aromatic rings. The average Bonchev–Trinajstić information content (AvgIpc) is 2.27. The highest BCUT2D eigenvalue weighted by Crippen LogP contribution is 2.37. The van der Waals surface area contributed by atoms with Gasteiger partial charge in [-0.25, -0.2) is 0 Å². The number of aromatic hydroxyl groups is 1. The van der Waals surface area contributed by atoms with Crippen molar-refractivity contribution >= 4 is 17.7 Å². The van der Waals surface area contributed by atoms with Crippen LogP contribution in [0.4, 0.5) is 0 Å². The van der Waals surface area contributed by atoms with Crippen molar-refractivity contribution in [2.24, 2.45) is 0 Å². The molecule has 1 aromatic carbocycles. The van der Waals surface area contributed by atoms with Gasteiger partial charge in [0.15, 0.2) is 11.5 Å². The number of benzene rings is 1. The van der Waals surface area contributed by atoms with Crippen molar-refractivity contribution < 1.29 is 14.6 Å². The van der Waals surface area contributed by atoms with Crippen molar-refractivity contribution in [3.8, 4) is 17.2 Å². The Balaban J connectivity index is 3.14. The van der Waals surface area contributed by atoms with Gasteiger partial charge in [-0.1, -0.05) is 12.2 Å². The van der Waals surface area contributed by atoms with Gasteiger partial charge >= 0.3 is 0 Å². The van der Waals surface area contributed by atoms with Crippen molar-refractivity contribution in [3.63, 3.8) is 0 Å². The molecule has 1 N–H and O–H groups in total. The number of ether oxygens (including phenoxy) is 2. The summed E-state index contributed by atoms with van der Waals surface area (Å²) in [5, 5.41) is 9.64. The predicted molar refractivity (Wildman–Crippen MR) is 61.0 cm³/mol. The molecule has 0 aliphatic heterocycles. The molecule has 0 radical (unpaired) electrons. The summed E-state index contributed by atoms with van der Waals surface area (Å²) >= 11 is 5.53. The molecule has 4 heteroatoms. The summed E-state index contributed by atoms with van der Waals surface area (Å²) < 4.78 is 10.0. The van der Waals surface area contributed by atoms with Crippen molar-refractivity contribution in [2.45, 2.75) is 0 Å². The van der Waals surface area contributed by atoms with Crippen LogP contribution in [0.15, 0.2) is 18.2 Å². The Morgan fingerprint density at radius 2 is 1.80 bits per heavy atom. The highest BCUT2D eigenvalue weighted by atomic mass is 35.5. The van der Waals surface area contributed by atoms with E-state index < -0.39 is 0 Å². The third-order valence-electron chi connectivity index (χ3n) is 1.90. The van der Waals surface area contributed by atoms with Crippen LogP contribution in [0.3, 0.4) is 0 Å². The number of hydrogen-bond donors (Lipinski definition) is 1. The first-order valence-corrected chi connectivity index (χ1v) is 4.94. The zero-order chi connectivity index (χ0) is 11.3. The average molecular weight is 229 g/mol. The first-order valence-electron chi connectivity index (χ1n) is 4.40. The molecule has 3 nitrogen and oxygen atoms in total. The Kier molecular flexibility index (Phi) is 4.31. The van der Waals surface area contributed by atoms with Crippen molar-refractivity contribution in [3.05, 3.63) is 23.8 Å². The number of methoxy groups -OCH3 is 2. The minimum Gasteiger partial charge on any atom is -0.502 e. The van der Waals surface area contributed by atoms with Crippen molar-refractivity contribution in [1.82, 2.24) is 0 Å². The minimum atomic E-state index is 0.00280. The van der Waals surface area contributed by atoms with Gasteiger partial charge in [0.05, 0.1) is 14.2 Å². The van der Waals surface area contributed by atoms with E-state index in [0.29, 0.717) is 17.4 Å². The van der Waals surface area contributed by atoms with Crippen molar-refractivity contribution in [1.29, 1.82) is 0 Å². The number of allylic oxidation sites excluding steroid dienone is 1. The zero-order valence-corrected chi connectivity index (χ0v) is 9.41. The van der Waals surface area contributed by atoms with E-state index in [1.165, 1.54) is 14.2 Å². The fraction of sp³-hybridized carbons (Fsp3) is 0.273. The molecule has 0 fully saturated rings. The van der Waals surface area contributed by atoms with Gasteiger partial charge < -0.3 is 14.6 Å². The van der Waals surface area contributed by atoms with Gasteiger partial charge in [0.1, 0.15) is 0 Å². The van der Waals surface area contributed by atoms with Crippen LogP contribution in [0.1, 0.15) is 5.56 Å². The summed E-state index contributed by atoms with van der Waals surface area (Å²) in [5.74, 6) is 1.20. The maximum Gasteiger partial charge on any atom is 0.200 e. The smallest absolute Gasteiger partial charge is 0.200 e. The highest BCUT2D eigenvalue weighted by Gasteiger charge is 2.09. The summed E-state index contributed by atoms with van der Waals surface area (Å²) in [6.07, 6.45) is 3.63. The van der Waals surface area contributed by atoms with Crippen molar-refractivity contribution in [2.75, 3.05) is 20.1 Å². The van der Waals surface area contributed by atoms with E-state index in [-0.39, 0.29) is 5.75 Å². The number of phenols is 1. The molecule has 15 heavy (non-hydrogen) atoms. The standard InChI is InChI=1S/C11H13ClO3/c1-14-9-6-8(4-3-5-12)7-10(15-2)11(9)13/h3-4,6-7,13H,5H2,1-2H3. The fourth-order valence-electron chi connectivity index (χ4n) is 1.19. The Morgan fingerprint density at radius 3 is 2.20 bits per heavy atom. The molecule has 1 rings (SSSR count). The SMILES string of the molecule is COc1cc(C=CCCl)cc(OC)c1O. The number of phenolic OH excluding ortho intramolecular Hbond substituents is 1. The van der Waals surface area contributed by atoms with E-state index in [4.69, 9.17) is 21.1 Å². The Hall–Kier alpha value is -1.35. The van der Waals surface area contributed by atoms with Crippen LogP contribution >= 0.6 is 11.6 Å². The molecule has 0 aliphatic carbocycles. The predicted octanol–water partition coefficient (Wildman–Crippen LogP) is 2.66. The molecule has 0 amide bonds. The maximum atomic E-state index is 9.64. The molecule has 0 aromatic heterocycles. The van der Waals surface area contributed by atoms with Crippen LogP contribution in [0.2, 0.25) is 0 Å². The van der Waals surface area contributed by atoms with Gasteiger partial charge in [-0.15, -0.1) is 11.6 Å². The van der Waals surface area contributed by atoms with E-state index in [1.54, 1.807) is 18.2 Å². The van der Waals surface area contributed by atoms with Crippen LogP contribution in [0.25, 0.3) is 6.08 Å². The van der Waals surface area contributed by atoms with Crippen LogP contribution in [0, 0.1) is 0 Å². The first-order chi connectivity index (χ1) is 7.22. The van der Waals surface area contributed by atoms with E-state index in [0.717, 1.165) is 5.56 Å². The lowest BCUT2D eigenvalue weighted by Gasteiger charge is -2.09. The van der Waals surface area contributed by atoms with Gasteiger partial charge in [-0.2, -0.15) is 0 Å². The summed E-state index contributed by atoms with van der Waals surface area (Å²) in [5.41, 5.74) is 0.863. The molecule has 0 atom stereocenters. The molecular weight excluding hydrogens is 216 g/mol. The quantitative estimate of drug-likeness (QED) is 0.806. The second-order valence-corrected chi connectivity index (χ2v) is 3.14. The molecule has 0 unspecified atom stereocenters. The zero-order valence-electron chi connectivity index (χ0n) is 8.66. The maximum absolute atomic E-state index is 9.64. The van der Waals surface area contributed by atoms with E-state index in [2.05, 4.69) is 0 Å². The number of hydrogen-bond acceptors (Lipinski definition) is 3. The molecule has 0 saturated carbocycles. The van der Waals surface area contributed by atoms with Crippen LogP contribution in [0.5, 0.6) is 17.2 Å². The Morgan fingerprint density at radius 1 is 1.27 bits per heavy atom. The summed E-state index contributed by atoms with van der Waals surface area (Å²) in [6.45, 7) is 0. The lowest BCUT2D eigenvalue weighted by atomic mass is 10.1. The van der Waals surface area contributed by atoms with Gasteiger partial charge in [0.2, 0.25) is 5.75 Å². The van der Waals surface area contributed by atoms with Crippen LogP contribution in [-0.4, -0.2) is 25.2 Å². The summed E-state index contributed by atoms with van der Waals surface area (Å²) in [7, 11) is 2.98. The van der Waals surface area contributed by atoms with Gasteiger partial charge in [-0.3, -0.25) is 0 Å². The number of halogens is 1. The molecular formula is C11H13ClO3. The lowest BCUT2D eigenvalue weighted by molar-refractivity contribution is 0.340. The molecule has 0 bridgehead atoms. The molecule has 0 spiro atoms. The number of alkyl halides is 1. The second kappa shape index (κ2) is 5.51. The van der Waals surface area contributed by atoms with Crippen LogP contribution < -0.4 is 9.47 Å². The molecule has 0 heterocycles. The van der Waals surface area contributed by atoms with Crippen LogP contribution in [-0.2, 0) is 0 Å². The summed E-state index contributed by atoms with van der Waals surface area (Å²) in [6, 6.07) is 3.42. The monoisotopic (exact) mass is 228 g/mol. The van der Waals surface area contributed by atoms with E-state index in [9.17, 15) is 5.11 Å². The lowest BCUT2D eigenvalue weighted by Crippen LogP contribution is -1.90. The third-order valence-corrected chi connectivity index (χ3v) is 2.08. The minimum absolute atomic E-state index is 0.00280. The third kappa shape index (κ3) is 2.80.